The van der Waals surface area contributed by atoms with Crippen molar-refractivity contribution in [3.8, 4) is 0 Å². The largest absolute Gasteiger partial charge is 0.368 e. The standard InChI is InChI=1S/C50H69N17O5/c1-34(68)64(10)44(31-36-16-24-40(25-17-36)53-57-61(4)5)48(70)66(12)46(33-38-20-28-42(29-21-38)55-59-63(8)9)50(72)67(13)45(32-37-18-26-41(27-19-37)54-58-62(6)7)49(71)65(11)43(47(51)69)30-35-14-22-39(23-15-35)52-56-60(2)3/h14-29,43-46H,30-33H2,1-13H3,(H2,51,69)/b56-52+,57-53+,58-54+,59-55+/t43-,44+,45+,46-/m0/s1. The van der Waals surface area contributed by atoms with E-state index >= 15 is 9.59 Å². The van der Waals surface area contributed by atoms with E-state index in [4.69, 9.17) is 5.73 Å². The van der Waals surface area contributed by atoms with E-state index < -0.39 is 47.8 Å². The van der Waals surface area contributed by atoms with Gasteiger partial charge >= 0.3 is 0 Å². The molecule has 0 aliphatic carbocycles. The van der Waals surface area contributed by atoms with Crippen molar-refractivity contribution in [2.45, 2.75) is 56.8 Å². The topological polar surface area (TPSA) is 236 Å². The Kier molecular flexibility index (Phi) is 20.9. The summed E-state index contributed by atoms with van der Waals surface area (Å²) in [6, 6.07) is 23.7. The van der Waals surface area contributed by atoms with E-state index in [0.717, 1.165) is 5.56 Å². The van der Waals surface area contributed by atoms with Crippen LogP contribution in [0, 0.1) is 0 Å². The summed E-state index contributed by atoms with van der Waals surface area (Å²) in [6.45, 7) is 1.37. The lowest BCUT2D eigenvalue weighted by Gasteiger charge is -2.39. The van der Waals surface area contributed by atoms with Crippen LogP contribution < -0.4 is 5.73 Å². The predicted molar refractivity (Wildman–Crippen MR) is 274 cm³/mol. The minimum absolute atomic E-state index is 0.00331. The highest BCUT2D eigenvalue weighted by molar-refractivity contribution is 5.95. The van der Waals surface area contributed by atoms with E-state index in [1.807, 2.05) is 0 Å². The molecule has 0 radical (unpaired) electrons. The Labute approximate surface area is 422 Å². The highest BCUT2D eigenvalue weighted by Gasteiger charge is 2.40. The van der Waals surface area contributed by atoms with Crippen molar-refractivity contribution in [3.05, 3.63) is 119 Å². The predicted octanol–water partition coefficient (Wildman–Crippen LogP) is 6.01. The molecule has 0 fully saturated rings. The maximum Gasteiger partial charge on any atom is 0.246 e. The molecule has 22 nitrogen and oxygen atoms in total. The van der Waals surface area contributed by atoms with Crippen LogP contribution in [-0.2, 0) is 49.7 Å². The number of nitrogens with zero attached hydrogens (tertiary/aromatic N) is 16. The summed E-state index contributed by atoms with van der Waals surface area (Å²) in [7, 11) is 20.1. The van der Waals surface area contributed by atoms with E-state index in [2.05, 4.69) is 41.4 Å². The van der Waals surface area contributed by atoms with Crippen LogP contribution in [0.2, 0.25) is 0 Å². The van der Waals surface area contributed by atoms with Gasteiger partial charge in [0.15, 0.2) is 0 Å². The van der Waals surface area contributed by atoms with Gasteiger partial charge < -0.3 is 25.3 Å². The van der Waals surface area contributed by atoms with Gasteiger partial charge in [-0.1, -0.05) is 69.4 Å². The fourth-order valence-corrected chi connectivity index (χ4v) is 7.24. The fourth-order valence-electron chi connectivity index (χ4n) is 7.24. The zero-order valence-electron chi connectivity index (χ0n) is 43.6. The molecule has 0 saturated heterocycles. The Bertz CT molecular complexity index is 2550. The molecule has 4 aromatic carbocycles. The van der Waals surface area contributed by atoms with Gasteiger partial charge in [0.2, 0.25) is 29.5 Å². The number of nitrogens with two attached hydrogens (primary N) is 1. The van der Waals surface area contributed by atoms with Gasteiger partial charge in [-0.2, -0.15) is 0 Å². The average Bonchev–Trinajstić information content (AvgIpc) is 3.35. The molecule has 0 saturated carbocycles. The molecule has 0 heterocycles. The van der Waals surface area contributed by atoms with Gasteiger partial charge in [-0.05, 0) is 70.8 Å². The molecule has 4 rings (SSSR count). The Morgan fingerprint density at radius 3 is 0.778 bits per heavy atom. The van der Waals surface area contributed by atoms with E-state index in [9.17, 15) is 14.4 Å². The molecule has 0 unspecified atom stereocenters. The van der Waals surface area contributed by atoms with Crippen molar-refractivity contribution in [1.29, 1.82) is 0 Å². The van der Waals surface area contributed by atoms with E-state index in [1.54, 1.807) is 181 Å². The Balaban J connectivity index is 1.80. The third kappa shape index (κ3) is 17.1. The molecule has 72 heavy (non-hydrogen) atoms. The van der Waals surface area contributed by atoms with Crippen LogP contribution in [0.25, 0.3) is 0 Å². The minimum atomic E-state index is -1.22. The minimum Gasteiger partial charge on any atom is -0.368 e. The van der Waals surface area contributed by atoms with Crippen LogP contribution in [0.4, 0.5) is 22.7 Å². The van der Waals surface area contributed by atoms with E-state index in [-0.39, 0.29) is 31.6 Å². The van der Waals surface area contributed by atoms with Crippen LogP contribution in [0.1, 0.15) is 29.2 Å². The second kappa shape index (κ2) is 26.7. The van der Waals surface area contributed by atoms with E-state index in [1.165, 1.54) is 47.7 Å². The van der Waals surface area contributed by atoms with Crippen LogP contribution in [0.3, 0.4) is 0 Å². The summed E-state index contributed by atoms with van der Waals surface area (Å²) in [6.07, 6.45) is 0.189. The summed E-state index contributed by atoms with van der Waals surface area (Å²) >= 11 is 0. The number of carbonyl (C=O) groups excluding carboxylic acids is 5. The highest BCUT2D eigenvalue weighted by atomic mass is 16.2. The number of hydrogen-bond donors (Lipinski definition) is 1. The molecule has 4 aromatic rings. The number of amides is 5. The summed E-state index contributed by atoms with van der Waals surface area (Å²) < 4.78 is 0. The van der Waals surface area contributed by atoms with Gasteiger partial charge in [0.05, 0.1) is 22.7 Å². The van der Waals surface area contributed by atoms with Gasteiger partial charge in [0.25, 0.3) is 0 Å². The first-order chi connectivity index (χ1) is 34.0. The molecule has 0 aliphatic heterocycles. The number of hydrogen-bond acceptors (Lipinski definition) is 13. The summed E-state index contributed by atoms with van der Waals surface area (Å²) in [5.74, 6) is -2.79. The second-order valence-electron chi connectivity index (χ2n) is 18.1. The van der Waals surface area contributed by atoms with Gasteiger partial charge in [-0.15, -0.1) is 20.5 Å². The van der Waals surface area contributed by atoms with Crippen molar-refractivity contribution >= 4 is 52.3 Å². The number of primary amides is 1. The Morgan fingerprint density at radius 2 is 0.569 bits per heavy atom. The molecule has 2 N–H and O–H groups in total. The molecule has 0 bridgehead atoms. The number of rotatable bonds is 24. The molecule has 22 heteroatoms. The second-order valence-corrected chi connectivity index (χ2v) is 18.1. The first-order valence-electron chi connectivity index (χ1n) is 23.1. The number of benzene rings is 4. The quantitative estimate of drug-likeness (QED) is 0.0638. The smallest absolute Gasteiger partial charge is 0.246 e. The average molecular weight is 988 g/mol. The third-order valence-electron chi connectivity index (χ3n) is 11.4. The van der Waals surface area contributed by atoms with Crippen LogP contribution >= 0.6 is 0 Å². The van der Waals surface area contributed by atoms with Crippen LogP contribution in [0.15, 0.2) is 138 Å². The van der Waals surface area contributed by atoms with Crippen molar-refractivity contribution in [3.63, 3.8) is 0 Å². The van der Waals surface area contributed by atoms with E-state index in [0.29, 0.717) is 39.4 Å². The lowest BCUT2D eigenvalue weighted by atomic mass is 9.97. The molecular formula is C50H69N17O5. The summed E-state index contributed by atoms with van der Waals surface area (Å²) in [5.41, 5.74) is 11.1. The highest BCUT2D eigenvalue weighted by Crippen LogP contribution is 2.24. The number of likely N-dealkylation sites (N-methyl/N-ethyl adjacent to an activating group) is 4. The first-order valence-corrected chi connectivity index (χ1v) is 23.1. The molecule has 0 spiro atoms. The molecule has 5 amide bonds. The number of carbonyl (C=O) groups is 5. The van der Waals surface area contributed by atoms with Crippen molar-refractivity contribution in [1.82, 2.24) is 39.6 Å². The zero-order chi connectivity index (χ0) is 53.2. The zero-order valence-corrected chi connectivity index (χ0v) is 43.6. The van der Waals surface area contributed by atoms with Crippen molar-refractivity contribution < 1.29 is 24.0 Å². The van der Waals surface area contributed by atoms with Gasteiger partial charge in [0, 0.05) is 117 Å². The lowest BCUT2D eigenvalue weighted by molar-refractivity contribution is -0.153. The lowest BCUT2D eigenvalue weighted by Crippen LogP contribution is -2.60. The van der Waals surface area contributed by atoms with Crippen LogP contribution in [0.5, 0.6) is 0 Å². The Hall–Kier alpha value is -8.17. The molecule has 0 aromatic heterocycles. The monoisotopic (exact) mass is 988 g/mol. The molecule has 0 aliphatic rings. The van der Waals surface area contributed by atoms with Crippen LogP contribution in [-0.4, -0.2) is 178 Å². The Morgan fingerprint density at radius 1 is 0.361 bits per heavy atom. The third-order valence-corrected chi connectivity index (χ3v) is 11.4. The summed E-state index contributed by atoms with van der Waals surface area (Å²) in [4.78, 5) is 77.1. The molecular weight excluding hydrogens is 919 g/mol. The van der Waals surface area contributed by atoms with Gasteiger partial charge in [-0.25, -0.2) is 0 Å². The first kappa shape index (κ1) is 56.4. The SMILES string of the molecule is CC(=O)N(C)[C@H](Cc1ccc(/N=N/N(C)C)cc1)C(=O)N(C)[C@@H](Cc1ccc(/N=N/N(C)C)cc1)C(=O)N(C)[C@H](Cc1ccc(/N=N/N(C)C)cc1)C(=O)N(C)[C@@H](Cc1ccc(/N=N/N(C)C)cc1)C(N)=O. The van der Waals surface area contributed by atoms with Crippen molar-refractivity contribution in [2.24, 2.45) is 47.1 Å². The maximum absolute atomic E-state index is 15.4. The summed E-state index contributed by atoms with van der Waals surface area (Å²) in [5, 5.41) is 39.3. The van der Waals surface area contributed by atoms with Crippen molar-refractivity contribution in [2.75, 3.05) is 84.6 Å². The van der Waals surface area contributed by atoms with Gasteiger partial charge in [-0.3, -0.25) is 44.0 Å². The maximum atomic E-state index is 15.4. The molecule has 4 atom stereocenters. The fraction of sp³-hybridized carbons (Fsp3) is 0.420. The molecule has 384 valence electrons. The normalized spacial score (nSPS) is 13.2. The van der Waals surface area contributed by atoms with Gasteiger partial charge in [0.1, 0.15) is 24.2 Å².